The van der Waals surface area contributed by atoms with Crippen molar-refractivity contribution in [2.75, 3.05) is 13.7 Å². The van der Waals surface area contributed by atoms with E-state index in [0.29, 0.717) is 13.0 Å². The summed E-state index contributed by atoms with van der Waals surface area (Å²) in [5.41, 5.74) is 4.50. The minimum Gasteiger partial charge on any atom is -0.333 e. The number of rotatable bonds is 6. The lowest BCUT2D eigenvalue weighted by Gasteiger charge is -1.94. The quantitative estimate of drug-likeness (QED) is 0.332. The fourth-order valence-corrected chi connectivity index (χ4v) is 0.590. The Balaban J connectivity index is 0. The van der Waals surface area contributed by atoms with Crippen LogP contribution in [-0.2, 0) is 9.63 Å². The van der Waals surface area contributed by atoms with Gasteiger partial charge >= 0.3 is 0 Å². The van der Waals surface area contributed by atoms with Crippen LogP contribution in [0.3, 0.4) is 0 Å². The second kappa shape index (κ2) is 16.3. The average Bonchev–Trinajstić information content (AvgIpc) is 2.08. The van der Waals surface area contributed by atoms with Crippen LogP contribution in [0.15, 0.2) is 0 Å². The van der Waals surface area contributed by atoms with E-state index in [1.54, 1.807) is 0 Å². The first-order valence-electron chi connectivity index (χ1n) is 3.75. The number of hydrogen-bond acceptors (Lipinski definition) is 4. The van der Waals surface area contributed by atoms with Crippen molar-refractivity contribution in [3.63, 3.8) is 0 Å². The van der Waals surface area contributed by atoms with E-state index >= 15 is 0 Å². The Morgan fingerprint density at radius 2 is 1.91 bits per heavy atom. The van der Waals surface area contributed by atoms with Crippen molar-refractivity contribution >= 4 is 6.29 Å². The zero-order chi connectivity index (χ0) is 8.95. The Kier molecular flexibility index (Phi) is 19.5. The van der Waals surface area contributed by atoms with Crippen LogP contribution in [0.4, 0.5) is 0 Å². The first kappa shape index (κ1) is 13.2. The average molecular weight is 162 g/mol. The monoisotopic (exact) mass is 162 g/mol. The summed E-state index contributed by atoms with van der Waals surface area (Å²) in [5, 5.41) is 0. The zero-order valence-electron chi connectivity index (χ0n) is 7.08. The Morgan fingerprint density at radius 1 is 1.27 bits per heavy atom. The second-order valence-electron chi connectivity index (χ2n) is 1.89. The lowest BCUT2D eigenvalue weighted by Crippen LogP contribution is -2.00. The minimum absolute atomic E-state index is 0.596. The SMILES string of the molecule is CN.NOCCCCCC=O. The maximum absolute atomic E-state index is 9.78. The molecule has 0 spiro atoms. The van der Waals surface area contributed by atoms with Crippen LogP contribution < -0.4 is 11.6 Å². The van der Waals surface area contributed by atoms with Crippen molar-refractivity contribution in [3.8, 4) is 0 Å². The van der Waals surface area contributed by atoms with E-state index < -0.39 is 0 Å². The van der Waals surface area contributed by atoms with Gasteiger partial charge in [0.1, 0.15) is 6.29 Å². The fourth-order valence-electron chi connectivity index (χ4n) is 0.590. The van der Waals surface area contributed by atoms with Crippen LogP contribution >= 0.6 is 0 Å². The molecule has 0 rings (SSSR count). The maximum Gasteiger partial charge on any atom is 0.119 e. The molecule has 0 atom stereocenters. The number of nitrogens with two attached hydrogens (primary N) is 2. The van der Waals surface area contributed by atoms with E-state index in [1.165, 1.54) is 7.05 Å². The summed E-state index contributed by atoms with van der Waals surface area (Å²) in [6.07, 6.45) is 4.51. The van der Waals surface area contributed by atoms with Crippen molar-refractivity contribution in [1.82, 2.24) is 0 Å². The van der Waals surface area contributed by atoms with Gasteiger partial charge in [0.25, 0.3) is 0 Å². The van der Waals surface area contributed by atoms with Gasteiger partial charge in [0, 0.05) is 6.42 Å². The molecule has 0 amide bonds. The first-order valence-corrected chi connectivity index (χ1v) is 3.75. The number of unbranched alkanes of at least 4 members (excludes halogenated alkanes) is 3. The van der Waals surface area contributed by atoms with Crippen molar-refractivity contribution in [2.45, 2.75) is 25.7 Å². The summed E-state index contributed by atoms with van der Waals surface area (Å²) in [6, 6.07) is 0. The molecule has 0 fully saturated rings. The molecule has 0 heterocycles. The molecule has 0 aromatic heterocycles. The fraction of sp³-hybridized carbons (Fsp3) is 0.857. The number of carbonyl (C=O) groups excluding carboxylic acids is 1. The van der Waals surface area contributed by atoms with Gasteiger partial charge in [-0.15, -0.1) is 0 Å². The van der Waals surface area contributed by atoms with Crippen LogP contribution in [0.2, 0.25) is 0 Å². The summed E-state index contributed by atoms with van der Waals surface area (Å²) in [4.78, 5) is 14.1. The van der Waals surface area contributed by atoms with Crippen molar-refractivity contribution in [2.24, 2.45) is 11.6 Å². The second-order valence-corrected chi connectivity index (χ2v) is 1.89. The van der Waals surface area contributed by atoms with Gasteiger partial charge in [-0.2, -0.15) is 0 Å². The lowest BCUT2D eigenvalue weighted by atomic mass is 10.2. The van der Waals surface area contributed by atoms with Crippen LogP contribution in [0, 0.1) is 0 Å². The minimum atomic E-state index is 0.596. The van der Waals surface area contributed by atoms with Gasteiger partial charge in [0.15, 0.2) is 0 Å². The van der Waals surface area contributed by atoms with E-state index in [1.807, 2.05) is 0 Å². The van der Waals surface area contributed by atoms with Gasteiger partial charge in [0.05, 0.1) is 6.61 Å². The Morgan fingerprint density at radius 3 is 2.36 bits per heavy atom. The third-order valence-corrected chi connectivity index (χ3v) is 1.08. The molecule has 0 bridgehead atoms. The predicted molar refractivity (Wildman–Crippen MR) is 44.8 cm³/mol. The molecular formula is C7H18N2O2. The highest BCUT2D eigenvalue weighted by atomic mass is 16.6. The molecular weight excluding hydrogens is 144 g/mol. The highest BCUT2D eigenvalue weighted by Gasteiger charge is 1.86. The Labute approximate surface area is 67.8 Å². The lowest BCUT2D eigenvalue weighted by molar-refractivity contribution is -0.107. The number of hydrogen-bond donors (Lipinski definition) is 2. The number of carbonyl (C=O) groups is 1. The Bertz CT molecular complexity index is 69.5. The summed E-state index contributed by atoms with van der Waals surface area (Å²) >= 11 is 0. The third-order valence-electron chi connectivity index (χ3n) is 1.08. The van der Waals surface area contributed by atoms with E-state index in [0.717, 1.165) is 25.5 Å². The molecule has 0 saturated heterocycles. The van der Waals surface area contributed by atoms with Gasteiger partial charge in [0.2, 0.25) is 0 Å². The van der Waals surface area contributed by atoms with Gasteiger partial charge in [-0.05, 0) is 19.9 Å². The molecule has 0 saturated carbocycles. The molecule has 4 heteroatoms. The zero-order valence-corrected chi connectivity index (χ0v) is 7.08. The molecule has 0 aliphatic rings. The van der Waals surface area contributed by atoms with Crippen LogP contribution in [0.25, 0.3) is 0 Å². The van der Waals surface area contributed by atoms with E-state index in [9.17, 15) is 4.79 Å². The maximum atomic E-state index is 9.78. The summed E-state index contributed by atoms with van der Waals surface area (Å²) in [6.45, 7) is 0.596. The highest BCUT2D eigenvalue weighted by molar-refractivity contribution is 5.48. The highest BCUT2D eigenvalue weighted by Crippen LogP contribution is 1.96. The van der Waals surface area contributed by atoms with Crippen molar-refractivity contribution < 1.29 is 9.63 Å². The van der Waals surface area contributed by atoms with Gasteiger partial charge in [-0.1, -0.05) is 6.42 Å². The van der Waals surface area contributed by atoms with Gasteiger partial charge < -0.3 is 15.4 Å². The Hall–Kier alpha value is -0.450. The molecule has 0 unspecified atom stereocenters. The molecule has 0 aliphatic heterocycles. The van der Waals surface area contributed by atoms with E-state index in [4.69, 9.17) is 5.90 Å². The smallest absolute Gasteiger partial charge is 0.119 e. The van der Waals surface area contributed by atoms with Crippen LogP contribution in [-0.4, -0.2) is 19.9 Å². The normalized spacial score (nSPS) is 8.27. The van der Waals surface area contributed by atoms with Crippen LogP contribution in [0.1, 0.15) is 25.7 Å². The summed E-state index contributed by atoms with van der Waals surface area (Å²) in [7, 11) is 1.50. The standard InChI is InChI=1S/C6H13NO2.CH5N/c7-9-6-4-2-1-3-5-8;1-2/h5H,1-4,6-7H2;2H2,1H3. The molecule has 4 nitrogen and oxygen atoms in total. The summed E-state index contributed by atoms with van der Waals surface area (Å²) in [5.74, 6) is 4.77. The molecule has 0 radical (unpaired) electrons. The van der Waals surface area contributed by atoms with Crippen molar-refractivity contribution in [1.29, 1.82) is 0 Å². The van der Waals surface area contributed by atoms with E-state index in [-0.39, 0.29) is 0 Å². The third kappa shape index (κ3) is 17.7. The molecule has 0 aromatic rings. The van der Waals surface area contributed by atoms with Crippen molar-refractivity contribution in [3.05, 3.63) is 0 Å². The predicted octanol–water partition coefficient (Wildman–Crippen LogP) is 0.211. The molecule has 68 valence electrons. The molecule has 0 aliphatic carbocycles. The molecule has 4 N–H and O–H groups in total. The largest absolute Gasteiger partial charge is 0.333 e. The molecule has 11 heavy (non-hydrogen) atoms. The molecule has 0 aromatic carbocycles. The van der Waals surface area contributed by atoms with Gasteiger partial charge in [-0.3, -0.25) is 0 Å². The van der Waals surface area contributed by atoms with E-state index in [2.05, 4.69) is 10.6 Å². The first-order chi connectivity index (χ1) is 5.41. The van der Waals surface area contributed by atoms with Gasteiger partial charge in [-0.25, -0.2) is 5.90 Å². The number of aldehydes is 1. The topological polar surface area (TPSA) is 78.3 Å². The van der Waals surface area contributed by atoms with Crippen LogP contribution in [0.5, 0.6) is 0 Å². The summed E-state index contributed by atoms with van der Waals surface area (Å²) < 4.78 is 0.